The number of benzene rings is 2. The molecule has 4 heterocycles. The molecule has 0 aromatic heterocycles. The average molecular weight is 639 g/mol. The van der Waals surface area contributed by atoms with Crippen LogP contribution in [-0.2, 0) is 35.8 Å². The monoisotopic (exact) mass is 638 g/mol. The van der Waals surface area contributed by atoms with E-state index in [1.54, 1.807) is 24.3 Å². The Balaban J connectivity index is 1.38. The van der Waals surface area contributed by atoms with Crippen molar-refractivity contribution in [1.29, 1.82) is 0 Å². The van der Waals surface area contributed by atoms with E-state index >= 15 is 0 Å². The first-order chi connectivity index (χ1) is 21.9. The molecule has 2 aromatic rings. The lowest BCUT2D eigenvalue weighted by atomic mass is 9.92. The van der Waals surface area contributed by atoms with Crippen LogP contribution in [0.25, 0.3) is 0 Å². The summed E-state index contributed by atoms with van der Waals surface area (Å²) < 4.78 is 29.2. The van der Waals surface area contributed by atoms with E-state index in [1.807, 2.05) is 0 Å². The van der Waals surface area contributed by atoms with Gasteiger partial charge < -0.3 is 20.8 Å². The smallest absolute Gasteiger partial charge is 0.206 e. The third-order valence-electron chi connectivity index (χ3n) is 10.5. The van der Waals surface area contributed by atoms with Crippen LogP contribution in [0.3, 0.4) is 0 Å². The van der Waals surface area contributed by atoms with Crippen molar-refractivity contribution in [2.45, 2.75) is 125 Å². The third-order valence-corrected chi connectivity index (χ3v) is 12.3. The Kier molecular flexibility index (Phi) is 11.0. The first kappa shape index (κ1) is 32.8. The first-order valence-electron chi connectivity index (χ1n) is 17.7. The van der Waals surface area contributed by atoms with E-state index in [1.165, 1.54) is 12.8 Å². The molecule has 4 aliphatic heterocycles. The number of hydrogen-bond donors (Lipinski definition) is 4. The lowest BCUT2D eigenvalue weighted by molar-refractivity contribution is 0.212. The zero-order valence-corrected chi connectivity index (χ0v) is 27.9. The van der Waals surface area contributed by atoms with Gasteiger partial charge in [0, 0.05) is 36.3 Å². The van der Waals surface area contributed by atoms with E-state index in [9.17, 15) is 18.6 Å². The third kappa shape index (κ3) is 8.22. The fraction of sp³-hybridized carbons (Fsp3) is 0.667. The molecule has 4 N–H and O–H groups in total. The van der Waals surface area contributed by atoms with Crippen molar-refractivity contribution >= 4 is 9.84 Å². The van der Waals surface area contributed by atoms with Gasteiger partial charge in [-0.2, -0.15) is 0 Å². The highest BCUT2D eigenvalue weighted by atomic mass is 32.2. The molecule has 0 spiro atoms. The molecule has 6 rings (SSSR count). The van der Waals surface area contributed by atoms with Crippen LogP contribution in [-0.4, -0.2) is 79.8 Å². The molecule has 2 aromatic carbocycles. The van der Waals surface area contributed by atoms with Gasteiger partial charge in [-0.25, -0.2) is 8.42 Å². The molecule has 0 amide bonds. The second-order valence-electron chi connectivity index (χ2n) is 14.1. The van der Waals surface area contributed by atoms with Crippen LogP contribution in [0.15, 0.2) is 34.1 Å². The van der Waals surface area contributed by atoms with Crippen LogP contribution in [0.2, 0.25) is 0 Å². The highest BCUT2D eigenvalue weighted by molar-refractivity contribution is 7.91. The molecule has 0 bridgehead atoms. The molecule has 4 aliphatic rings. The fourth-order valence-corrected chi connectivity index (χ4v) is 9.36. The SMILES string of the molecule is O=S(=O)(c1cc(CC2CCCCN2)c(O)c(CC2CCCCN2)c1)c1cc(CN2CCCCC2)c(O)c(CN2CCCCC2)c1. The number of rotatable bonds is 10. The number of hydrogen-bond acceptors (Lipinski definition) is 8. The predicted octanol–water partition coefficient (Wildman–Crippen LogP) is 5.27. The molecule has 0 radical (unpaired) electrons. The van der Waals surface area contributed by atoms with E-state index < -0.39 is 9.84 Å². The second-order valence-corrected chi connectivity index (χ2v) is 16.0. The van der Waals surface area contributed by atoms with E-state index in [2.05, 4.69) is 20.4 Å². The Morgan fingerprint density at radius 3 is 1.38 bits per heavy atom. The minimum Gasteiger partial charge on any atom is -0.507 e. The number of phenols is 2. The molecule has 2 unspecified atom stereocenters. The summed E-state index contributed by atoms with van der Waals surface area (Å²) in [5.41, 5.74) is 2.81. The number of piperidine rings is 4. The van der Waals surface area contributed by atoms with E-state index in [4.69, 9.17) is 0 Å². The highest BCUT2D eigenvalue weighted by Crippen LogP contribution is 2.36. The molecule has 9 heteroatoms. The van der Waals surface area contributed by atoms with Crippen molar-refractivity contribution in [2.75, 3.05) is 39.3 Å². The number of likely N-dealkylation sites (tertiary alicyclic amines) is 2. The van der Waals surface area contributed by atoms with Crippen molar-refractivity contribution in [2.24, 2.45) is 0 Å². The first-order valence-corrected chi connectivity index (χ1v) is 19.2. The number of phenolic OH excluding ortho intramolecular Hbond substituents is 2. The molecular formula is C36H54N4O4S. The van der Waals surface area contributed by atoms with Gasteiger partial charge in [0.15, 0.2) is 0 Å². The van der Waals surface area contributed by atoms with Crippen molar-refractivity contribution in [3.63, 3.8) is 0 Å². The second kappa shape index (κ2) is 15.2. The van der Waals surface area contributed by atoms with Crippen LogP contribution in [0.4, 0.5) is 0 Å². The van der Waals surface area contributed by atoms with Crippen molar-refractivity contribution < 1.29 is 18.6 Å². The van der Waals surface area contributed by atoms with Gasteiger partial charge in [0.2, 0.25) is 9.84 Å². The molecule has 4 fully saturated rings. The maximum Gasteiger partial charge on any atom is 0.206 e. The van der Waals surface area contributed by atoms with Gasteiger partial charge in [0.25, 0.3) is 0 Å². The number of aromatic hydroxyl groups is 2. The highest BCUT2D eigenvalue weighted by Gasteiger charge is 2.28. The number of nitrogens with zero attached hydrogens (tertiary/aromatic N) is 2. The van der Waals surface area contributed by atoms with Gasteiger partial charge in [0.1, 0.15) is 11.5 Å². The van der Waals surface area contributed by atoms with E-state index in [0.29, 0.717) is 48.2 Å². The van der Waals surface area contributed by atoms with Crippen molar-refractivity contribution in [1.82, 2.24) is 20.4 Å². The normalized spacial score (nSPS) is 24.1. The quantitative estimate of drug-likeness (QED) is 0.279. The molecular weight excluding hydrogens is 584 g/mol. The molecule has 0 aliphatic carbocycles. The van der Waals surface area contributed by atoms with Crippen LogP contribution in [0, 0.1) is 0 Å². The zero-order chi connectivity index (χ0) is 31.2. The maximum atomic E-state index is 14.6. The van der Waals surface area contributed by atoms with E-state index in [0.717, 1.165) is 103 Å². The summed E-state index contributed by atoms with van der Waals surface area (Å²) in [6.07, 6.45) is 14.8. The summed E-state index contributed by atoms with van der Waals surface area (Å²) in [5.74, 6) is 0.486. The molecule has 0 saturated carbocycles. The summed E-state index contributed by atoms with van der Waals surface area (Å²) in [5, 5.41) is 30.2. The summed E-state index contributed by atoms with van der Waals surface area (Å²) >= 11 is 0. The minimum atomic E-state index is -3.93. The molecule has 45 heavy (non-hydrogen) atoms. The van der Waals surface area contributed by atoms with Crippen LogP contribution in [0.1, 0.15) is 99.3 Å². The minimum absolute atomic E-state index is 0.226. The molecule has 248 valence electrons. The fourth-order valence-electron chi connectivity index (χ4n) is 7.90. The molecule has 8 nitrogen and oxygen atoms in total. The topological polar surface area (TPSA) is 105 Å². The Labute approximate surface area is 270 Å². The van der Waals surface area contributed by atoms with Crippen LogP contribution < -0.4 is 10.6 Å². The average Bonchev–Trinajstić information content (AvgIpc) is 3.06. The Morgan fingerprint density at radius 1 is 0.578 bits per heavy atom. The summed E-state index contributed by atoms with van der Waals surface area (Å²) in [7, 11) is -3.93. The lowest BCUT2D eigenvalue weighted by Gasteiger charge is -2.29. The largest absolute Gasteiger partial charge is 0.507 e. The summed E-state index contributed by atoms with van der Waals surface area (Å²) in [6, 6.07) is 7.33. The Hall–Kier alpha value is -2.17. The molecule has 2 atom stereocenters. The summed E-state index contributed by atoms with van der Waals surface area (Å²) in [4.78, 5) is 5.17. The van der Waals surface area contributed by atoms with Gasteiger partial charge in [-0.15, -0.1) is 0 Å². The van der Waals surface area contributed by atoms with Gasteiger partial charge in [-0.3, -0.25) is 9.80 Å². The van der Waals surface area contributed by atoms with Crippen molar-refractivity contribution in [3.8, 4) is 11.5 Å². The van der Waals surface area contributed by atoms with Crippen molar-refractivity contribution in [3.05, 3.63) is 46.5 Å². The standard InChI is InChI=1S/C36H54N4O4S/c41-35-27(19-31-11-3-5-13-37-31)21-33(22-28(35)20-32-12-4-6-14-38-32)45(43,44)34-23-29(25-39-15-7-1-8-16-39)36(42)30(24-34)26-40-17-9-2-10-18-40/h21-24,31-32,37-38,41-42H,1-20,25-26H2. The number of nitrogens with one attached hydrogen (secondary N) is 2. The number of sulfone groups is 1. The maximum absolute atomic E-state index is 14.6. The lowest BCUT2D eigenvalue weighted by Crippen LogP contribution is -2.36. The van der Waals surface area contributed by atoms with Gasteiger partial charge in [-0.1, -0.05) is 25.7 Å². The Morgan fingerprint density at radius 2 is 0.978 bits per heavy atom. The Bertz CT molecular complexity index is 1210. The van der Waals surface area contributed by atoms with E-state index in [-0.39, 0.29) is 33.4 Å². The van der Waals surface area contributed by atoms with Gasteiger partial charge in [0.05, 0.1) is 9.79 Å². The zero-order valence-electron chi connectivity index (χ0n) is 27.0. The van der Waals surface area contributed by atoms with Crippen LogP contribution in [0.5, 0.6) is 11.5 Å². The van der Waals surface area contributed by atoms with Gasteiger partial charge >= 0.3 is 0 Å². The molecule has 4 saturated heterocycles. The summed E-state index contributed by atoms with van der Waals surface area (Å²) in [6.45, 7) is 6.87. The van der Waals surface area contributed by atoms with Crippen LogP contribution >= 0.6 is 0 Å². The van der Waals surface area contributed by atoms with Gasteiger partial charge in [-0.05, 0) is 139 Å². The predicted molar refractivity (Wildman–Crippen MR) is 179 cm³/mol.